The van der Waals surface area contributed by atoms with Crippen LogP contribution in [0.5, 0.6) is 0 Å². The van der Waals surface area contributed by atoms with E-state index in [2.05, 4.69) is 4.37 Å². The van der Waals surface area contributed by atoms with Crippen molar-refractivity contribution in [2.24, 2.45) is 0 Å². The number of aromatic nitrogens is 1. The molecule has 4 nitrogen and oxygen atoms in total. The van der Waals surface area contributed by atoms with E-state index < -0.39 is 6.09 Å². The summed E-state index contributed by atoms with van der Waals surface area (Å²) in [4.78, 5) is 11.2. The maximum absolute atomic E-state index is 10.4. The van der Waals surface area contributed by atoms with Crippen molar-refractivity contribution in [2.75, 3.05) is 11.9 Å². The number of carboxylic acid groups (broad SMARTS) is 1. The largest absolute Gasteiger partial charge is 0.530 e. The average molecular weight is 226 g/mol. The van der Waals surface area contributed by atoms with Crippen LogP contribution in [0.4, 0.5) is 10.5 Å². The summed E-state index contributed by atoms with van der Waals surface area (Å²) in [6.45, 7) is 0. The Balaban J connectivity index is 3.08. The second-order valence-corrected chi connectivity index (χ2v) is 3.65. The molecule has 1 rings (SSSR count). The van der Waals surface area contributed by atoms with Gasteiger partial charge in [-0.15, -0.1) is 0 Å². The molecule has 0 aliphatic rings. The highest BCUT2D eigenvalue weighted by Crippen LogP contribution is 2.35. The highest BCUT2D eigenvalue weighted by atomic mass is 35.5. The molecule has 66 valence electrons. The van der Waals surface area contributed by atoms with Crippen molar-refractivity contribution in [1.82, 2.24) is 4.37 Å². The van der Waals surface area contributed by atoms with Crippen molar-refractivity contribution in [3.8, 4) is 0 Å². The number of rotatable bonds is 1. The van der Waals surface area contributed by atoms with Crippen LogP contribution in [-0.4, -0.2) is 17.5 Å². The van der Waals surface area contributed by atoms with Crippen molar-refractivity contribution in [1.29, 1.82) is 0 Å². The molecule has 0 radical (unpaired) electrons. The van der Waals surface area contributed by atoms with Crippen LogP contribution >= 0.6 is 34.7 Å². The van der Waals surface area contributed by atoms with E-state index in [-0.39, 0.29) is 15.2 Å². The summed E-state index contributed by atoms with van der Waals surface area (Å²) in [5.41, 5.74) is 0.170. The second-order valence-electron chi connectivity index (χ2n) is 1.92. The summed E-state index contributed by atoms with van der Waals surface area (Å²) in [5, 5.41) is 10.4. The molecule has 0 N–H and O–H groups in total. The summed E-state index contributed by atoms with van der Waals surface area (Å²) >= 11 is 12.1. The van der Waals surface area contributed by atoms with Crippen LogP contribution in [0.3, 0.4) is 0 Å². The van der Waals surface area contributed by atoms with Crippen molar-refractivity contribution in [3.63, 3.8) is 0 Å². The van der Waals surface area contributed by atoms with E-state index in [1.54, 1.807) is 0 Å². The number of anilines is 1. The fourth-order valence-corrected chi connectivity index (χ4v) is 1.93. The number of carbonyl (C=O) groups is 1. The Labute approximate surface area is 82.5 Å². The minimum atomic E-state index is -1.38. The van der Waals surface area contributed by atoms with E-state index in [1.807, 2.05) is 0 Å². The summed E-state index contributed by atoms with van der Waals surface area (Å²) in [7, 11) is 1.29. The smallest absolute Gasteiger partial charge is 0.168 e. The fraction of sp³-hybridized carbons (Fsp3) is 0.200. The highest BCUT2D eigenvalue weighted by molar-refractivity contribution is 7.11. The van der Waals surface area contributed by atoms with E-state index in [4.69, 9.17) is 23.2 Å². The maximum Gasteiger partial charge on any atom is 0.168 e. The monoisotopic (exact) mass is 225 g/mol. The van der Waals surface area contributed by atoms with Gasteiger partial charge in [0.1, 0.15) is 16.1 Å². The van der Waals surface area contributed by atoms with Crippen molar-refractivity contribution < 1.29 is 9.90 Å². The average Bonchev–Trinajstić information content (AvgIpc) is 2.30. The molecular weight excluding hydrogens is 223 g/mol. The molecule has 1 heterocycles. The first-order chi connectivity index (χ1) is 5.54. The van der Waals surface area contributed by atoms with Crippen LogP contribution in [0.25, 0.3) is 0 Å². The third-order valence-electron chi connectivity index (χ3n) is 1.20. The number of halogens is 2. The molecule has 0 saturated heterocycles. The van der Waals surface area contributed by atoms with E-state index in [0.717, 1.165) is 16.4 Å². The van der Waals surface area contributed by atoms with E-state index in [9.17, 15) is 9.90 Å². The molecule has 0 spiro atoms. The first kappa shape index (κ1) is 9.57. The fourth-order valence-electron chi connectivity index (χ4n) is 0.609. The number of hydrogen-bond acceptors (Lipinski definition) is 4. The zero-order chi connectivity index (χ0) is 9.30. The summed E-state index contributed by atoms with van der Waals surface area (Å²) in [6, 6.07) is 0. The van der Waals surface area contributed by atoms with Gasteiger partial charge in [-0.25, -0.2) is 0 Å². The molecule has 0 unspecified atom stereocenters. The van der Waals surface area contributed by atoms with Crippen molar-refractivity contribution in [2.45, 2.75) is 0 Å². The predicted octanol–water partition coefficient (Wildman–Crippen LogP) is 1.23. The van der Waals surface area contributed by atoms with Crippen molar-refractivity contribution in [3.05, 3.63) is 9.49 Å². The predicted molar refractivity (Wildman–Crippen MR) is 45.9 cm³/mol. The number of amides is 1. The van der Waals surface area contributed by atoms with Gasteiger partial charge >= 0.3 is 0 Å². The molecular formula is C5H3Cl2N2O2S-. The zero-order valence-electron chi connectivity index (χ0n) is 5.88. The van der Waals surface area contributed by atoms with Crippen LogP contribution in [0.15, 0.2) is 0 Å². The lowest BCUT2D eigenvalue weighted by Crippen LogP contribution is -2.38. The van der Waals surface area contributed by atoms with Crippen molar-refractivity contribution >= 4 is 46.5 Å². The lowest BCUT2D eigenvalue weighted by atomic mass is 10.5. The van der Waals surface area contributed by atoms with E-state index in [1.165, 1.54) is 7.05 Å². The minimum Gasteiger partial charge on any atom is -0.530 e. The third-order valence-corrected chi connectivity index (χ3v) is 2.57. The molecule has 0 saturated carbocycles. The molecule has 0 aliphatic heterocycles. The Morgan fingerprint density at radius 2 is 2.25 bits per heavy atom. The molecule has 0 atom stereocenters. The van der Waals surface area contributed by atoms with Gasteiger partial charge < -0.3 is 14.8 Å². The molecule has 0 aliphatic carbocycles. The van der Waals surface area contributed by atoms with Crippen LogP contribution in [0, 0.1) is 0 Å². The second kappa shape index (κ2) is 3.47. The first-order valence-electron chi connectivity index (χ1n) is 2.79. The summed E-state index contributed by atoms with van der Waals surface area (Å²) < 4.78 is 3.89. The SMILES string of the molecule is CN(C(=O)[O-])c1c(Cl)nsc1Cl. The quantitative estimate of drug-likeness (QED) is 0.723. The molecule has 12 heavy (non-hydrogen) atoms. The Bertz CT molecular complexity index is 295. The molecule has 1 aromatic rings. The number of nitrogens with zero attached hydrogens (tertiary/aromatic N) is 2. The lowest BCUT2D eigenvalue weighted by molar-refractivity contribution is -0.246. The van der Waals surface area contributed by atoms with Gasteiger partial charge in [-0.1, -0.05) is 23.2 Å². The van der Waals surface area contributed by atoms with Gasteiger partial charge in [-0.3, -0.25) is 0 Å². The minimum absolute atomic E-state index is 0.0664. The van der Waals surface area contributed by atoms with Crippen LogP contribution in [-0.2, 0) is 0 Å². The van der Waals surface area contributed by atoms with Gasteiger partial charge in [0.05, 0.1) is 0 Å². The zero-order valence-corrected chi connectivity index (χ0v) is 8.20. The van der Waals surface area contributed by atoms with Crippen LogP contribution in [0.1, 0.15) is 0 Å². The molecule has 1 aromatic heterocycles. The molecule has 7 heteroatoms. The summed E-state index contributed by atoms with van der Waals surface area (Å²) in [5.74, 6) is 0. The molecule has 0 bridgehead atoms. The van der Waals surface area contributed by atoms with Gasteiger partial charge in [-0.05, 0) is 11.5 Å². The Kier molecular flexibility index (Phi) is 2.76. The maximum atomic E-state index is 10.4. The molecule has 0 aromatic carbocycles. The number of carbonyl (C=O) groups excluding carboxylic acids is 1. The normalized spacial score (nSPS) is 9.92. The standard InChI is InChI=1S/C5H4Cl2N2O2S/c1-9(5(10)11)2-3(6)8-12-4(2)7/h1H3,(H,10,11)/p-1. The lowest BCUT2D eigenvalue weighted by Gasteiger charge is -2.17. The summed E-state index contributed by atoms with van der Waals surface area (Å²) in [6.07, 6.45) is -1.38. The Hall–Kier alpha value is -0.520. The molecule has 0 fully saturated rings. The van der Waals surface area contributed by atoms with E-state index >= 15 is 0 Å². The highest BCUT2D eigenvalue weighted by Gasteiger charge is 2.14. The Morgan fingerprint density at radius 3 is 2.58 bits per heavy atom. The van der Waals surface area contributed by atoms with Gasteiger partial charge in [0.15, 0.2) is 5.15 Å². The topological polar surface area (TPSA) is 56.3 Å². The van der Waals surface area contributed by atoms with Gasteiger partial charge in [-0.2, -0.15) is 4.37 Å². The van der Waals surface area contributed by atoms with Gasteiger partial charge in [0, 0.05) is 7.05 Å². The van der Waals surface area contributed by atoms with Crippen LogP contribution < -0.4 is 10.0 Å². The third kappa shape index (κ3) is 1.63. The Morgan fingerprint density at radius 1 is 1.67 bits per heavy atom. The van der Waals surface area contributed by atoms with Gasteiger partial charge in [0.2, 0.25) is 0 Å². The first-order valence-corrected chi connectivity index (χ1v) is 4.32. The van der Waals surface area contributed by atoms with Gasteiger partial charge in [0.25, 0.3) is 0 Å². The molecule has 1 amide bonds. The van der Waals surface area contributed by atoms with Crippen LogP contribution in [0.2, 0.25) is 9.49 Å². The number of hydrogen-bond donors (Lipinski definition) is 0. The van der Waals surface area contributed by atoms with E-state index in [0.29, 0.717) is 0 Å².